The number of benzene rings is 1. The molecule has 0 aliphatic carbocycles. The van der Waals surface area contributed by atoms with Gasteiger partial charge in [0.1, 0.15) is 18.0 Å². The van der Waals surface area contributed by atoms with Crippen molar-refractivity contribution in [3.05, 3.63) is 45.2 Å². The molecule has 0 amide bonds. The largest absolute Gasteiger partial charge is 0.368 e. The first-order chi connectivity index (χ1) is 11.4. The standard InChI is InChI=1S/C16H16Cl2N4O2/c17-13-5-11(6-14(18)7-13)10-22-4-3-21(2-1-15(23)24)16(22)12(8-19)9-20/h5-7,15,23-24H,1-4,10H2. The quantitative estimate of drug-likeness (QED) is 0.611. The molecule has 1 saturated heterocycles. The summed E-state index contributed by atoms with van der Waals surface area (Å²) < 4.78 is 0. The zero-order chi connectivity index (χ0) is 17.7. The molecule has 1 aliphatic rings. The van der Waals surface area contributed by atoms with E-state index in [-0.39, 0.29) is 12.0 Å². The SMILES string of the molecule is N#CC(C#N)=C1N(CCC(O)O)CCN1Cc1cc(Cl)cc(Cl)c1. The Hall–Kier alpha value is -1.96. The van der Waals surface area contributed by atoms with E-state index >= 15 is 0 Å². The lowest BCUT2D eigenvalue weighted by molar-refractivity contribution is -0.0485. The number of hydrogen-bond donors (Lipinski definition) is 2. The van der Waals surface area contributed by atoms with Crippen LogP contribution in [0, 0.1) is 22.7 Å². The molecule has 0 aromatic heterocycles. The first kappa shape index (κ1) is 18.4. The lowest BCUT2D eigenvalue weighted by Crippen LogP contribution is -2.27. The predicted octanol–water partition coefficient (Wildman–Crippen LogP) is 2.07. The Kier molecular flexibility index (Phi) is 6.30. The Bertz CT molecular complexity index is 686. The zero-order valence-corrected chi connectivity index (χ0v) is 14.3. The molecule has 6 nitrogen and oxygen atoms in total. The van der Waals surface area contributed by atoms with E-state index in [0.717, 1.165) is 5.56 Å². The molecule has 0 saturated carbocycles. The van der Waals surface area contributed by atoms with Crippen LogP contribution >= 0.6 is 23.2 Å². The fourth-order valence-corrected chi connectivity index (χ4v) is 3.23. The van der Waals surface area contributed by atoms with Gasteiger partial charge in [0.25, 0.3) is 0 Å². The molecule has 0 spiro atoms. The van der Waals surface area contributed by atoms with Gasteiger partial charge in [0.2, 0.25) is 0 Å². The summed E-state index contributed by atoms with van der Waals surface area (Å²) in [5.74, 6) is 0.497. The predicted molar refractivity (Wildman–Crippen MR) is 89.5 cm³/mol. The van der Waals surface area contributed by atoms with Crippen LogP contribution in [0.4, 0.5) is 0 Å². The first-order valence-corrected chi connectivity index (χ1v) is 8.05. The van der Waals surface area contributed by atoms with Crippen LogP contribution in [0.1, 0.15) is 12.0 Å². The van der Waals surface area contributed by atoms with E-state index in [1.165, 1.54) is 0 Å². The number of aliphatic hydroxyl groups is 2. The molecule has 0 bridgehead atoms. The molecule has 1 heterocycles. The fraction of sp³-hybridized carbons (Fsp3) is 0.375. The lowest BCUT2D eigenvalue weighted by atomic mass is 10.2. The summed E-state index contributed by atoms with van der Waals surface area (Å²) in [6.07, 6.45) is -1.30. The van der Waals surface area contributed by atoms with Gasteiger partial charge in [-0.2, -0.15) is 10.5 Å². The normalized spacial score (nSPS) is 14.0. The molecule has 2 N–H and O–H groups in total. The highest BCUT2D eigenvalue weighted by Gasteiger charge is 2.28. The fourth-order valence-electron chi connectivity index (χ4n) is 2.66. The second-order valence-corrected chi connectivity index (χ2v) is 6.25. The van der Waals surface area contributed by atoms with E-state index in [1.54, 1.807) is 18.2 Å². The lowest BCUT2D eigenvalue weighted by Gasteiger charge is -2.25. The van der Waals surface area contributed by atoms with Crippen LogP contribution in [0.3, 0.4) is 0 Å². The summed E-state index contributed by atoms with van der Waals surface area (Å²) in [5.41, 5.74) is 0.859. The van der Waals surface area contributed by atoms with E-state index in [4.69, 9.17) is 33.4 Å². The second-order valence-electron chi connectivity index (χ2n) is 5.38. The van der Waals surface area contributed by atoms with Crippen molar-refractivity contribution in [2.75, 3.05) is 19.6 Å². The van der Waals surface area contributed by atoms with E-state index < -0.39 is 6.29 Å². The summed E-state index contributed by atoms with van der Waals surface area (Å²) in [6.45, 7) is 1.98. The van der Waals surface area contributed by atoms with Crippen molar-refractivity contribution < 1.29 is 10.2 Å². The highest BCUT2D eigenvalue weighted by Crippen LogP contribution is 2.27. The number of nitriles is 2. The molecule has 2 rings (SSSR count). The Morgan fingerprint density at radius 2 is 1.67 bits per heavy atom. The van der Waals surface area contributed by atoms with Crippen molar-refractivity contribution in [3.8, 4) is 12.1 Å². The topological polar surface area (TPSA) is 94.5 Å². The Labute approximate surface area is 150 Å². The van der Waals surface area contributed by atoms with Gasteiger partial charge < -0.3 is 20.0 Å². The maximum atomic E-state index is 9.23. The summed E-state index contributed by atoms with van der Waals surface area (Å²) in [7, 11) is 0. The smallest absolute Gasteiger partial charge is 0.169 e. The van der Waals surface area contributed by atoms with Crippen LogP contribution in [0.15, 0.2) is 29.6 Å². The van der Waals surface area contributed by atoms with E-state index in [9.17, 15) is 10.5 Å². The molecule has 1 aromatic carbocycles. The number of halogens is 2. The Balaban J connectivity index is 2.27. The summed E-state index contributed by atoms with van der Waals surface area (Å²) in [6, 6.07) is 9.02. The molecular formula is C16H16Cl2N4O2. The summed E-state index contributed by atoms with van der Waals surface area (Å²) in [5, 5.41) is 37.6. The zero-order valence-electron chi connectivity index (χ0n) is 12.8. The van der Waals surface area contributed by atoms with Gasteiger partial charge in [0.05, 0.1) is 0 Å². The number of allylic oxidation sites excluding steroid dienone is 1. The van der Waals surface area contributed by atoms with Crippen LogP contribution < -0.4 is 0 Å². The minimum atomic E-state index is -1.43. The summed E-state index contributed by atoms with van der Waals surface area (Å²) in [4.78, 5) is 3.71. The third-order valence-corrected chi connectivity index (χ3v) is 4.08. The van der Waals surface area contributed by atoms with Crippen molar-refractivity contribution >= 4 is 23.2 Å². The van der Waals surface area contributed by atoms with Crippen molar-refractivity contribution in [2.45, 2.75) is 19.3 Å². The van der Waals surface area contributed by atoms with E-state index in [1.807, 2.05) is 21.9 Å². The highest BCUT2D eigenvalue weighted by atomic mass is 35.5. The van der Waals surface area contributed by atoms with Crippen LogP contribution in [-0.2, 0) is 6.54 Å². The minimum Gasteiger partial charge on any atom is -0.368 e. The molecular weight excluding hydrogens is 351 g/mol. The van der Waals surface area contributed by atoms with Crippen molar-refractivity contribution in [2.24, 2.45) is 0 Å². The van der Waals surface area contributed by atoms with Gasteiger partial charge in [-0.15, -0.1) is 0 Å². The van der Waals surface area contributed by atoms with Crippen LogP contribution in [0.2, 0.25) is 10.0 Å². The molecule has 1 fully saturated rings. The van der Waals surface area contributed by atoms with E-state index in [2.05, 4.69) is 0 Å². The maximum absolute atomic E-state index is 9.23. The Morgan fingerprint density at radius 1 is 1.08 bits per heavy atom. The molecule has 0 atom stereocenters. The second kappa shape index (κ2) is 8.23. The van der Waals surface area contributed by atoms with Gasteiger partial charge in [0, 0.05) is 42.6 Å². The van der Waals surface area contributed by atoms with E-state index in [0.29, 0.717) is 42.0 Å². The third-order valence-electron chi connectivity index (χ3n) is 3.64. The van der Waals surface area contributed by atoms with Gasteiger partial charge in [-0.05, 0) is 23.8 Å². The molecule has 8 heteroatoms. The first-order valence-electron chi connectivity index (χ1n) is 7.30. The number of nitrogens with zero attached hydrogens (tertiary/aromatic N) is 4. The van der Waals surface area contributed by atoms with Gasteiger partial charge in [-0.1, -0.05) is 23.2 Å². The van der Waals surface area contributed by atoms with Crippen molar-refractivity contribution in [1.29, 1.82) is 10.5 Å². The maximum Gasteiger partial charge on any atom is 0.169 e. The van der Waals surface area contributed by atoms with Crippen LogP contribution in [-0.4, -0.2) is 45.9 Å². The van der Waals surface area contributed by atoms with Gasteiger partial charge in [-0.25, -0.2) is 0 Å². The minimum absolute atomic E-state index is 0.00643. The average Bonchev–Trinajstić information content (AvgIpc) is 2.88. The van der Waals surface area contributed by atoms with Gasteiger partial charge >= 0.3 is 0 Å². The average molecular weight is 367 g/mol. The molecule has 0 radical (unpaired) electrons. The molecule has 0 unspecified atom stereocenters. The molecule has 1 aliphatic heterocycles. The third kappa shape index (κ3) is 4.53. The Morgan fingerprint density at radius 3 is 2.21 bits per heavy atom. The number of rotatable bonds is 5. The molecule has 1 aromatic rings. The number of aliphatic hydroxyl groups excluding tert-OH is 1. The summed E-state index contributed by atoms with van der Waals surface area (Å²) >= 11 is 12.0. The number of hydrogen-bond acceptors (Lipinski definition) is 6. The van der Waals surface area contributed by atoms with Gasteiger partial charge in [0.15, 0.2) is 11.9 Å². The molecule has 24 heavy (non-hydrogen) atoms. The van der Waals surface area contributed by atoms with Gasteiger partial charge in [-0.3, -0.25) is 0 Å². The molecule has 126 valence electrons. The van der Waals surface area contributed by atoms with Crippen LogP contribution in [0.5, 0.6) is 0 Å². The van der Waals surface area contributed by atoms with Crippen molar-refractivity contribution in [1.82, 2.24) is 9.80 Å². The monoisotopic (exact) mass is 366 g/mol. The van der Waals surface area contributed by atoms with Crippen molar-refractivity contribution in [3.63, 3.8) is 0 Å². The highest BCUT2D eigenvalue weighted by molar-refractivity contribution is 6.34. The van der Waals surface area contributed by atoms with Crippen LogP contribution in [0.25, 0.3) is 0 Å².